The van der Waals surface area contributed by atoms with Crippen LogP contribution in [0.15, 0.2) is 48.6 Å². The average molecular weight is 814 g/mol. The Labute approximate surface area is 359 Å². The number of allylic oxidation sites excluding steroid dienone is 8. The summed E-state index contributed by atoms with van der Waals surface area (Å²) in [4.78, 5) is 26.1. The number of amides is 1. The Bertz CT molecular complexity index is 1000. The third-order valence-electron chi connectivity index (χ3n) is 11.1. The van der Waals surface area contributed by atoms with Gasteiger partial charge in [-0.15, -0.1) is 0 Å². The fourth-order valence-electron chi connectivity index (χ4n) is 7.31. The third-order valence-corrected chi connectivity index (χ3v) is 11.1. The van der Waals surface area contributed by atoms with Crippen LogP contribution < -0.4 is 5.32 Å². The lowest BCUT2D eigenvalue weighted by Gasteiger charge is -2.24. The zero-order valence-corrected chi connectivity index (χ0v) is 38.4. The predicted octanol–water partition coefficient (Wildman–Crippen LogP) is 14.7. The molecule has 3 atom stereocenters. The van der Waals surface area contributed by atoms with E-state index in [1.54, 1.807) is 0 Å². The number of hydrogen-bond acceptors (Lipinski definition) is 5. The lowest BCUT2D eigenvalue weighted by molar-refractivity contribution is -0.151. The van der Waals surface area contributed by atoms with E-state index in [4.69, 9.17) is 4.74 Å². The molecule has 0 fully saturated rings. The smallest absolute Gasteiger partial charge is 0.306 e. The maximum atomic E-state index is 13.2. The minimum Gasteiger partial charge on any atom is -0.462 e. The van der Waals surface area contributed by atoms with E-state index in [0.29, 0.717) is 19.3 Å². The van der Waals surface area contributed by atoms with Crippen molar-refractivity contribution in [3.63, 3.8) is 0 Å². The number of rotatable bonds is 44. The van der Waals surface area contributed by atoms with Crippen molar-refractivity contribution in [2.24, 2.45) is 0 Å². The molecule has 3 unspecified atom stereocenters. The van der Waals surface area contributed by atoms with Gasteiger partial charge in [-0.05, 0) is 89.9 Å². The molecule has 0 spiro atoms. The highest BCUT2D eigenvalue weighted by Gasteiger charge is 2.24. The zero-order valence-electron chi connectivity index (χ0n) is 38.4. The molecular formula is C52H95NO5. The van der Waals surface area contributed by atoms with Gasteiger partial charge in [-0.2, -0.15) is 0 Å². The summed E-state index contributed by atoms with van der Waals surface area (Å²) >= 11 is 0. The second-order valence-corrected chi connectivity index (χ2v) is 16.9. The first-order chi connectivity index (χ1) is 28.5. The van der Waals surface area contributed by atoms with E-state index < -0.39 is 18.2 Å². The predicted molar refractivity (Wildman–Crippen MR) is 250 cm³/mol. The van der Waals surface area contributed by atoms with Crippen molar-refractivity contribution in [3.05, 3.63) is 48.6 Å². The van der Waals surface area contributed by atoms with Crippen LogP contribution >= 0.6 is 0 Å². The van der Waals surface area contributed by atoms with Gasteiger partial charge in [0.2, 0.25) is 5.91 Å². The maximum absolute atomic E-state index is 13.2. The van der Waals surface area contributed by atoms with E-state index in [1.165, 1.54) is 116 Å². The Morgan fingerprint density at radius 1 is 0.500 bits per heavy atom. The third kappa shape index (κ3) is 40.6. The van der Waals surface area contributed by atoms with Gasteiger partial charge in [0.1, 0.15) is 6.10 Å². The van der Waals surface area contributed by atoms with Crippen LogP contribution in [0.25, 0.3) is 0 Å². The molecule has 0 bridgehead atoms. The molecule has 3 N–H and O–H groups in total. The summed E-state index contributed by atoms with van der Waals surface area (Å²) in [6, 6.07) is -0.715. The minimum atomic E-state index is -0.798. The minimum absolute atomic E-state index is 0.0461. The number of nitrogens with one attached hydrogen (secondary N) is 1. The van der Waals surface area contributed by atoms with Gasteiger partial charge in [0, 0.05) is 6.42 Å². The lowest BCUT2D eigenvalue weighted by atomic mass is 10.0. The molecule has 0 aromatic heterocycles. The Morgan fingerprint density at radius 3 is 1.40 bits per heavy atom. The first-order valence-electron chi connectivity index (χ1n) is 24.9. The van der Waals surface area contributed by atoms with Gasteiger partial charge >= 0.3 is 5.97 Å². The molecule has 0 aromatic rings. The SMILES string of the molecule is CCCCC/C=C\C/C=C\C/C=C\CCCCC(CC(=O)NC(CO)C(O)CCCCCCCCCCCC)OC(=O)CCCCC/C=C\CCCCCCCCC. The molecule has 0 aliphatic rings. The van der Waals surface area contributed by atoms with Crippen LogP contribution in [0.1, 0.15) is 245 Å². The number of aliphatic hydroxyl groups excluding tert-OH is 2. The maximum Gasteiger partial charge on any atom is 0.306 e. The van der Waals surface area contributed by atoms with Crippen LogP contribution in [0, 0.1) is 0 Å². The van der Waals surface area contributed by atoms with Gasteiger partial charge in [0.15, 0.2) is 0 Å². The number of unbranched alkanes of at least 4 members (excludes halogenated alkanes) is 24. The quantitative estimate of drug-likeness (QED) is 0.0323. The van der Waals surface area contributed by atoms with E-state index in [-0.39, 0.29) is 24.9 Å². The normalized spacial score (nSPS) is 13.7. The standard InChI is InChI=1S/C52H95NO5/c1-4-7-10-13-16-19-22-24-26-27-29-31-34-37-40-43-48(58-52(57)45-42-39-36-33-30-28-25-23-20-17-14-11-8-5-2)46-51(56)53-49(47-54)50(55)44-41-38-35-32-21-18-15-12-9-6-3/h16,19,24,26,28-31,48-50,54-55H,4-15,17-18,20-23,25,27,32-47H2,1-3H3,(H,53,56)/b19-16-,26-24-,30-28-,31-29-. The van der Waals surface area contributed by atoms with E-state index in [2.05, 4.69) is 74.7 Å². The topological polar surface area (TPSA) is 95.9 Å². The Balaban J connectivity index is 4.69. The second kappa shape index (κ2) is 45.9. The summed E-state index contributed by atoms with van der Waals surface area (Å²) in [7, 11) is 0. The highest BCUT2D eigenvalue weighted by Crippen LogP contribution is 2.17. The van der Waals surface area contributed by atoms with E-state index >= 15 is 0 Å². The average Bonchev–Trinajstić information content (AvgIpc) is 3.22. The molecule has 1 amide bonds. The van der Waals surface area contributed by atoms with Crippen molar-refractivity contribution in [3.8, 4) is 0 Å². The van der Waals surface area contributed by atoms with Crippen molar-refractivity contribution in [1.82, 2.24) is 5.32 Å². The first-order valence-corrected chi connectivity index (χ1v) is 24.9. The van der Waals surface area contributed by atoms with Gasteiger partial charge in [0.05, 0.1) is 25.2 Å². The molecule has 6 heteroatoms. The molecule has 0 aliphatic carbocycles. The lowest BCUT2D eigenvalue weighted by Crippen LogP contribution is -2.46. The van der Waals surface area contributed by atoms with E-state index in [9.17, 15) is 19.8 Å². The number of carbonyl (C=O) groups excluding carboxylic acids is 2. The van der Waals surface area contributed by atoms with Crippen LogP contribution in [-0.4, -0.2) is 46.9 Å². The summed E-state index contributed by atoms with van der Waals surface area (Å²) in [5.74, 6) is -0.529. The Morgan fingerprint density at radius 2 is 0.879 bits per heavy atom. The number of aliphatic hydroxyl groups is 2. The molecule has 0 saturated carbocycles. The van der Waals surface area contributed by atoms with Crippen LogP contribution in [0.3, 0.4) is 0 Å². The summed E-state index contributed by atoms with van der Waals surface area (Å²) in [5.41, 5.74) is 0. The molecule has 0 saturated heterocycles. The van der Waals surface area contributed by atoms with Crippen molar-refractivity contribution >= 4 is 11.9 Å². The second-order valence-electron chi connectivity index (χ2n) is 16.9. The summed E-state index contributed by atoms with van der Waals surface area (Å²) in [6.45, 7) is 6.42. The first kappa shape index (κ1) is 55.8. The van der Waals surface area contributed by atoms with Crippen molar-refractivity contribution in [2.75, 3.05) is 6.61 Å². The molecule has 58 heavy (non-hydrogen) atoms. The zero-order chi connectivity index (χ0) is 42.4. The molecular weight excluding hydrogens is 719 g/mol. The largest absolute Gasteiger partial charge is 0.462 e. The van der Waals surface area contributed by atoms with Crippen LogP contribution in [0.4, 0.5) is 0 Å². The monoisotopic (exact) mass is 814 g/mol. The summed E-state index contributed by atoms with van der Waals surface area (Å²) in [6.07, 6.45) is 54.5. The Kier molecular flexibility index (Phi) is 44.2. The number of ether oxygens (including phenoxy) is 1. The number of carbonyl (C=O) groups is 2. The van der Waals surface area contributed by atoms with Gasteiger partial charge in [-0.1, -0.05) is 191 Å². The highest BCUT2D eigenvalue weighted by molar-refractivity contribution is 5.77. The van der Waals surface area contributed by atoms with Crippen molar-refractivity contribution in [1.29, 1.82) is 0 Å². The van der Waals surface area contributed by atoms with Crippen molar-refractivity contribution in [2.45, 2.75) is 264 Å². The molecule has 0 heterocycles. The van der Waals surface area contributed by atoms with Gasteiger partial charge in [-0.25, -0.2) is 0 Å². The van der Waals surface area contributed by atoms with E-state index in [0.717, 1.165) is 83.5 Å². The number of esters is 1. The van der Waals surface area contributed by atoms with Gasteiger partial charge in [0.25, 0.3) is 0 Å². The van der Waals surface area contributed by atoms with E-state index in [1.807, 2.05) is 0 Å². The number of hydrogen-bond donors (Lipinski definition) is 3. The molecule has 6 nitrogen and oxygen atoms in total. The molecule has 338 valence electrons. The molecule has 0 radical (unpaired) electrons. The van der Waals surface area contributed by atoms with Crippen LogP contribution in [-0.2, 0) is 14.3 Å². The van der Waals surface area contributed by atoms with Crippen LogP contribution in [0.5, 0.6) is 0 Å². The van der Waals surface area contributed by atoms with Crippen molar-refractivity contribution < 1.29 is 24.5 Å². The van der Waals surface area contributed by atoms with Crippen LogP contribution in [0.2, 0.25) is 0 Å². The molecule has 0 aromatic carbocycles. The van der Waals surface area contributed by atoms with Gasteiger partial charge < -0.3 is 20.3 Å². The summed E-state index contributed by atoms with van der Waals surface area (Å²) < 4.78 is 5.90. The highest BCUT2D eigenvalue weighted by atomic mass is 16.5. The summed E-state index contributed by atoms with van der Waals surface area (Å²) in [5, 5.41) is 23.7. The van der Waals surface area contributed by atoms with Gasteiger partial charge in [-0.3, -0.25) is 9.59 Å². The fraction of sp³-hybridized carbons (Fsp3) is 0.808. The Hall–Kier alpha value is -2.18. The molecule has 0 rings (SSSR count). The fourth-order valence-corrected chi connectivity index (χ4v) is 7.31. The molecule has 0 aliphatic heterocycles.